The fourth-order valence-electron chi connectivity index (χ4n) is 3.07. The maximum absolute atomic E-state index is 12.7. The monoisotopic (exact) mass is 369 g/mol. The third-order valence-electron chi connectivity index (χ3n) is 4.46. The van der Waals surface area contributed by atoms with Crippen LogP contribution in [0, 0.1) is 0 Å². The number of piperidine rings is 1. The second-order valence-electron chi connectivity index (χ2n) is 6.23. The minimum Gasteiger partial charge on any atom is -0.358 e. The zero-order valence-corrected chi connectivity index (χ0v) is 14.5. The van der Waals surface area contributed by atoms with E-state index < -0.39 is 17.8 Å². The van der Waals surface area contributed by atoms with Gasteiger partial charge in [-0.25, -0.2) is 0 Å². The molecule has 2 rings (SSSR count). The average Bonchev–Trinajstić information content (AvgIpc) is 2.61. The first kappa shape index (κ1) is 20.0. The Morgan fingerprint density at radius 3 is 2.50 bits per heavy atom. The number of halogens is 3. The fourth-order valence-corrected chi connectivity index (χ4v) is 3.07. The van der Waals surface area contributed by atoms with Gasteiger partial charge in [-0.05, 0) is 36.6 Å². The Morgan fingerprint density at radius 1 is 1.31 bits per heavy atom. The van der Waals surface area contributed by atoms with Gasteiger partial charge in [0.2, 0.25) is 11.8 Å². The van der Waals surface area contributed by atoms with Gasteiger partial charge in [0.05, 0.1) is 11.6 Å². The minimum atomic E-state index is -4.37. The van der Waals surface area contributed by atoms with Crippen LogP contribution >= 0.6 is 0 Å². The van der Waals surface area contributed by atoms with E-state index in [0.717, 1.165) is 12.1 Å². The summed E-state index contributed by atoms with van der Waals surface area (Å²) in [6, 6.07) is 4.32. The highest BCUT2D eigenvalue weighted by Gasteiger charge is 2.34. The molecule has 2 N–H and O–H groups in total. The first-order valence-electron chi connectivity index (χ1n) is 8.29. The van der Waals surface area contributed by atoms with Crippen molar-refractivity contribution in [3.63, 3.8) is 0 Å². The molecule has 0 aromatic heterocycles. The van der Waals surface area contributed by atoms with Crippen molar-refractivity contribution < 1.29 is 22.8 Å². The lowest BCUT2D eigenvalue weighted by molar-refractivity contribution is -0.137. The maximum Gasteiger partial charge on any atom is 0.416 e. The Labute approximate surface area is 150 Å². The molecular weight excluding hydrogens is 347 g/mol. The van der Waals surface area contributed by atoms with Gasteiger partial charge in [0.15, 0.2) is 0 Å². The number of nitrogens with one attached hydrogen (secondary N) is 2. The van der Waals surface area contributed by atoms with Gasteiger partial charge in [-0.1, -0.05) is 18.7 Å². The van der Waals surface area contributed by atoms with Gasteiger partial charge in [0.1, 0.15) is 0 Å². The number of amides is 2. The van der Waals surface area contributed by atoms with Gasteiger partial charge in [-0.2, -0.15) is 13.2 Å². The second-order valence-corrected chi connectivity index (χ2v) is 6.23. The van der Waals surface area contributed by atoms with E-state index in [-0.39, 0.29) is 17.9 Å². The number of rotatable bonds is 5. The summed E-state index contributed by atoms with van der Waals surface area (Å²) >= 11 is 0. The van der Waals surface area contributed by atoms with Crippen LogP contribution in [-0.4, -0.2) is 42.4 Å². The third-order valence-corrected chi connectivity index (χ3v) is 4.46. The van der Waals surface area contributed by atoms with E-state index in [1.165, 1.54) is 25.3 Å². The number of hydrogen-bond donors (Lipinski definition) is 2. The molecule has 2 atom stereocenters. The first-order valence-corrected chi connectivity index (χ1v) is 8.29. The van der Waals surface area contributed by atoms with Crippen LogP contribution < -0.4 is 10.6 Å². The summed E-state index contributed by atoms with van der Waals surface area (Å²) in [5.74, 6) is -0.476. The van der Waals surface area contributed by atoms with E-state index >= 15 is 0 Å². The number of carbonyl (C=O) groups is 2. The molecule has 26 heavy (non-hydrogen) atoms. The van der Waals surface area contributed by atoms with Crippen molar-refractivity contribution in [1.82, 2.24) is 15.5 Å². The molecule has 8 heteroatoms. The van der Waals surface area contributed by atoms with E-state index in [1.54, 1.807) is 0 Å². The smallest absolute Gasteiger partial charge is 0.358 e. The summed E-state index contributed by atoms with van der Waals surface area (Å²) in [7, 11) is 1.53. The normalized spacial score (nSPS) is 21.1. The highest BCUT2D eigenvalue weighted by atomic mass is 19.4. The number of carbonyl (C=O) groups excluding carboxylic acids is 2. The second kappa shape index (κ2) is 8.35. The molecule has 0 bridgehead atoms. The summed E-state index contributed by atoms with van der Waals surface area (Å²) in [4.78, 5) is 25.6. The molecule has 2 amide bonds. The standard InChI is InChI=1S/C18H22F3N3O2/c1-3-16(25)23-14-8-9-24(15(10-14)17(26)22-2)11-12-4-6-13(7-5-12)18(19,20)21/h3-7,14-15H,1,8-11H2,2H3,(H,22,26)(H,23,25)/t14-,15+/m1/s1. The van der Waals surface area contributed by atoms with Crippen LogP contribution in [0.1, 0.15) is 24.0 Å². The summed E-state index contributed by atoms with van der Waals surface area (Å²) in [6.45, 7) is 4.31. The van der Waals surface area contributed by atoms with Gasteiger partial charge in [-0.3, -0.25) is 14.5 Å². The van der Waals surface area contributed by atoms with Crippen LogP contribution in [0.5, 0.6) is 0 Å². The number of nitrogens with zero attached hydrogens (tertiary/aromatic N) is 1. The van der Waals surface area contributed by atoms with E-state index in [9.17, 15) is 22.8 Å². The van der Waals surface area contributed by atoms with Crippen LogP contribution in [0.4, 0.5) is 13.2 Å². The first-order chi connectivity index (χ1) is 12.2. The lowest BCUT2D eigenvalue weighted by atomic mass is 9.95. The summed E-state index contributed by atoms with van der Waals surface area (Å²) in [5.41, 5.74) is -0.00423. The molecule has 0 radical (unpaired) electrons. The van der Waals surface area contributed by atoms with E-state index in [0.29, 0.717) is 31.5 Å². The highest BCUT2D eigenvalue weighted by molar-refractivity contribution is 5.87. The van der Waals surface area contributed by atoms with E-state index in [1.807, 2.05) is 4.90 Å². The lowest BCUT2D eigenvalue weighted by Crippen LogP contribution is -2.54. The molecule has 1 heterocycles. The predicted molar refractivity (Wildman–Crippen MR) is 91.1 cm³/mol. The number of alkyl halides is 3. The zero-order chi connectivity index (χ0) is 19.3. The SMILES string of the molecule is C=CC(=O)N[C@@H]1CCN(Cc2ccc(C(F)(F)F)cc2)[C@H](C(=O)NC)C1. The van der Waals surface area contributed by atoms with Crippen molar-refractivity contribution in [2.24, 2.45) is 0 Å². The number of likely N-dealkylation sites (tertiary alicyclic amines) is 1. The van der Waals surface area contributed by atoms with Crippen molar-refractivity contribution in [1.29, 1.82) is 0 Å². The van der Waals surface area contributed by atoms with Gasteiger partial charge in [0.25, 0.3) is 0 Å². The van der Waals surface area contributed by atoms with Gasteiger partial charge in [0, 0.05) is 26.2 Å². The molecule has 0 saturated carbocycles. The van der Waals surface area contributed by atoms with Crippen molar-refractivity contribution in [2.75, 3.05) is 13.6 Å². The quantitative estimate of drug-likeness (QED) is 0.782. The average molecular weight is 369 g/mol. The molecule has 5 nitrogen and oxygen atoms in total. The maximum atomic E-state index is 12.7. The zero-order valence-electron chi connectivity index (χ0n) is 14.5. The number of benzene rings is 1. The molecule has 1 fully saturated rings. The van der Waals surface area contributed by atoms with Crippen LogP contribution in [-0.2, 0) is 22.3 Å². The summed E-state index contributed by atoms with van der Waals surface area (Å²) in [6.07, 6.45) is -2.11. The van der Waals surface area contributed by atoms with E-state index in [2.05, 4.69) is 17.2 Å². The molecular formula is C18H22F3N3O2. The largest absolute Gasteiger partial charge is 0.416 e. The predicted octanol–water partition coefficient (Wildman–Crippen LogP) is 2.09. The van der Waals surface area contributed by atoms with Crippen molar-refractivity contribution in [3.8, 4) is 0 Å². The van der Waals surface area contributed by atoms with Gasteiger partial charge >= 0.3 is 6.18 Å². The molecule has 1 aliphatic rings. The summed E-state index contributed by atoms with van der Waals surface area (Å²) in [5, 5.41) is 5.40. The summed E-state index contributed by atoms with van der Waals surface area (Å²) < 4.78 is 38.0. The van der Waals surface area contributed by atoms with Crippen molar-refractivity contribution >= 4 is 11.8 Å². The molecule has 1 aromatic carbocycles. The van der Waals surface area contributed by atoms with Crippen LogP contribution in [0.25, 0.3) is 0 Å². The number of hydrogen-bond acceptors (Lipinski definition) is 3. The molecule has 1 aliphatic heterocycles. The van der Waals surface area contributed by atoms with Crippen LogP contribution in [0.15, 0.2) is 36.9 Å². The molecule has 1 aromatic rings. The highest BCUT2D eigenvalue weighted by Crippen LogP contribution is 2.29. The van der Waals surface area contributed by atoms with Crippen molar-refractivity contribution in [2.45, 2.75) is 37.6 Å². The minimum absolute atomic E-state index is 0.147. The Bertz CT molecular complexity index is 659. The third kappa shape index (κ3) is 5.08. The van der Waals surface area contributed by atoms with Crippen molar-refractivity contribution in [3.05, 3.63) is 48.0 Å². The Kier molecular flexibility index (Phi) is 6.42. The van der Waals surface area contributed by atoms with Crippen LogP contribution in [0.2, 0.25) is 0 Å². The fraction of sp³-hybridized carbons (Fsp3) is 0.444. The Balaban J connectivity index is 2.08. The molecule has 1 saturated heterocycles. The van der Waals surface area contributed by atoms with E-state index in [4.69, 9.17) is 0 Å². The Hall–Kier alpha value is -2.35. The van der Waals surface area contributed by atoms with Crippen LogP contribution in [0.3, 0.4) is 0 Å². The molecule has 0 spiro atoms. The molecule has 0 unspecified atom stereocenters. The lowest BCUT2D eigenvalue weighted by Gasteiger charge is -2.38. The Morgan fingerprint density at radius 2 is 1.96 bits per heavy atom. The topological polar surface area (TPSA) is 61.4 Å². The van der Waals surface area contributed by atoms with Gasteiger partial charge in [-0.15, -0.1) is 0 Å². The number of likely N-dealkylation sites (N-methyl/N-ethyl adjacent to an activating group) is 1. The molecule has 142 valence electrons. The van der Waals surface area contributed by atoms with Gasteiger partial charge < -0.3 is 10.6 Å². The molecule has 0 aliphatic carbocycles.